The van der Waals surface area contributed by atoms with Crippen molar-refractivity contribution in [3.05, 3.63) is 0 Å². The third-order valence-electron chi connectivity index (χ3n) is 2.97. The van der Waals surface area contributed by atoms with Crippen molar-refractivity contribution in [1.29, 1.82) is 0 Å². The van der Waals surface area contributed by atoms with Crippen molar-refractivity contribution in [2.24, 2.45) is 5.92 Å². The fourth-order valence-electron chi connectivity index (χ4n) is 1.76. The van der Waals surface area contributed by atoms with Gasteiger partial charge in [-0.15, -0.1) is 0 Å². The van der Waals surface area contributed by atoms with Gasteiger partial charge in [-0.05, 0) is 25.3 Å². The highest BCUT2D eigenvalue weighted by Crippen LogP contribution is 2.12. The van der Waals surface area contributed by atoms with Crippen molar-refractivity contribution in [3.63, 3.8) is 0 Å². The molecule has 1 fully saturated rings. The molecule has 1 aliphatic rings. The first kappa shape index (κ1) is 11.0. The number of hydrogen-bond donors (Lipinski definition) is 1. The van der Waals surface area contributed by atoms with Gasteiger partial charge in [-0.25, -0.2) is 0 Å². The van der Waals surface area contributed by atoms with Crippen molar-refractivity contribution in [3.8, 4) is 0 Å². The summed E-state index contributed by atoms with van der Waals surface area (Å²) in [7, 11) is 0. The summed E-state index contributed by atoms with van der Waals surface area (Å²) >= 11 is 0. The van der Waals surface area contributed by atoms with Crippen LogP contribution in [0.3, 0.4) is 0 Å². The highest BCUT2D eigenvalue weighted by atomic mass is 16.5. The van der Waals surface area contributed by atoms with Crippen molar-refractivity contribution in [2.75, 3.05) is 19.7 Å². The van der Waals surface area contributed by atoms with E-state index in [1.807, 2.05) is 0 Å². The zero-order valence-electron chi connectivity index (χ0n) is 9.01. The Morgan fingerprint density at radius 3 is 2.69 bits per heavy atom. The molecule has 0 unspecified atom stereocenters. The van der Waals surface area contributed by atoms with E-state index in [1.54, 1.807) is 0 Å². The second-order valence-corrected chi connectivity index (χ2v) is 3.98. The molecule has 0 aliphatic carbocycles. The maximum absolute atomic E-state index is 5.86. The van der Waals surface area contributed by atoms with Crippen LogP contribution in [0.2, 0.25) is 0 Å². The fraction of sp³-hybridized carbons (Fsp3) is 1.00. The quantitative estimate of drug-likeness (QED) is 0.709. The van der Waals surface area contributed by atoms with Gasteiger partial charge < -0.3 is 10.1 Å². The largest absolute Gasteiger partial charge is 0.377 e. The highest BCUT2D eigenvalue weighted by molar-refractivity contribution is 4.69. The first-order valence-corrected chi connectivity index (χ1v) is 5.69. The lowest BCUT2D eigenvalue weighted by Crippen LogP contribution is -2.36. The third kappa shape index (κ3) is 4.10. The molecule has 0 bridgehead atoms. The molecule has 0 aromatic heterocycles. The summed E-state index contributed by atoms with van der Waals surface area (Å²) in [5.74, 6) is 0.766. The van der Waals surface area contributed by atoms with Crippen molar-refractivity contribution >= 4 is 0 Å². The van der Waals surface area contributed by atoms with Gasteiger partial charge in [-0.3, -0.25) is 0 Å². The molecule has 0 spiro atoms. The summed E-state index contributed by atoms with van der Waals surface area (Å²) in [6, 6.07) is 0. The number of ether oxygens (including phenoxy) is 1. The summed E-state index contributed by atoms with van der Waals surface area (Å²) in [4.78, 5) is 0. The predicted octanol–water partition coefficient (Wildman–Crippen LogP) is 2.19. The maximum atomic E-state index is 5.86. The SMILES string of the molecule is CCC(CC)CO[C@H]1CCCNC1. The van der Waals surface area contributed by atoms with Crippen molar-refractivity contribution in [1.82, 2.24) is 5.32 Å². The van der Waals surface area contributed by atoms with E-state index in [0.29, 0.717) is 6.10 Å². The van der Waals surface area contributed by atoms with Crippen LogP contribution in [-0.2, 0) is 4.74 Å². The van der Waals surface area contributed by atoms with E-state index in [2.05, 4.69) is 19.2 Å². The molecule has 1 heterocycles. The molecule has 78 valence electrons. The van der Waals surface area contributed by atoms with Crippen LogP contribution in [0.1, 0.15) is 39.5 Å². The lowest BCUT2D eigenvalue weighted by atomic mass is 10.0. The standard InChI is InChI=1S/C11H23NO/c1-3-10(4-2)9-13-11-6-5-7-12-8-11/h10-12H,3-9H2,1-2H3/t11-/m0/s1. The molecule has 1 saturated heterocycles. The first-order chi connectivity index (χ1) is 6.36. The van der Waals surface area contributed by atoms with Crippen LogP contribution in [0.25, 0.3) is 0 Å². The van der Waals surface area contributed by atoms with Gasteiger partial charge in [0.15, 0.2) is 0 Å². The van der Waals surface area contributed by atoms with Gasteiger partial charge in [0.05, 0.1) is 6.10 Å². The molecule has 1 aliphatic heterocycles. The number of rotatable bonds is 5. The lowest BCUT2D eigenvalue weighted by molar-refractivity contribution is 0.0141. The Balaban J connectivity index is 2.09. The van der Waals surface area contributed by atoms with E-state index in [-0.39, 0.29) is 0 Å². The first-order valence-electron chi connectivity index (χ1n) is 5.69. The van der Waals surface area contributed by atoms with Gasteiger partial charge in [-0.2, -0.15) is 0 Å². The van der Waals surface area contributed by atoms with Crippen LogP contribution in [0, 0.1) is 5.92 Å². The van der Waals surface area contributed by atoms with Crippen molar-refractivity contribution < 1.29 is 4.74 Å². The van der Waals surface area contributed by atoms with Crippen LogP contribution < -0.4 is 5.32 Å². The lowest BCUT2D eigenvalue weighted by Gasteiger charge is -2.25. The minimum Gasteiger partial charge on any atom is -0.377 e. The Morgan fingerprint density at radius 2 is 2.15 bits per heavy atom. The Hall–Kier alpha value is -0.0800. The number of piperidine rings is 1. The van der Waals surface area contributed by atoms with Gasteiger partial charge >= 0.3 is 0 Å². The van der Waals surface area contributed by atoms with E-state index in [9.17, 15) is 0 Å². The van der Waals surface area contributed by atoms with Crippen LogP contribution in [0.4, 0.5) is 0 Å². The molecule has 0 aromatic rings. The third-order valence-corrected chi connectivity index (χ3v) is 2.97. The molecule has 1 atom stereocenters. The van der Waals surface area contributed by atoms with Crippen LogP contribution in [-0.4, -0.2) is 25.8 Å². The summed E-state index contributed by atoms with van der Waals surface area (Å²) in [5.41, 5.74) is 0. The zero-order chi connectivity index (χ0) is 9.52. The van der Waals surface area contributed by atoms with Gasteiger partial charge in [0.25, 0.3) is 0 Å². The van der Waals surface area contributed by atoms with Gasteiger partial charge in [0, 0.05) is 13.2 Å². The average molecular weight is 185 g/mol. The van der Waals surface area contributed by atoms with E-state index in [4.69, 9.17) is 4.74 Å². The minimum absolute atomic E-state index is 0.481. The van der Waals surface area contributed by atoms with Crippen LogP contribution in [0.5, 0.6) is 0 Å². The number of hydrogen-bond acceptors (Lipinski definition) is 2. The molecule has 2 nitrogen and oxygen atoms in total. The van der Waals surface area contributed by atoms with E-state index in [0.717, 1.165) is 19.1 Å². The van der Waals surface area contributed by atoms with Crippen LogP contribution >= 0.6 is 0 Å². The monoisotopic (exact) mass is 185 g/mol. The summed E-state index contributed by atoms with van der Waals surface area (Å²) in [6.07, 6.45) is 5.49. The molecule has 13 heavy (non-hydrogen) atoms. The molecule has 0 amide bonds. The smallest absolute Gasteiger partial charge is 0.0700 e. The summed E-state index contributed by atoms with van der Waals surface area (Å²) in [6.45, 7) is 7.68. The normalized spacial score (nSPS) is 23.8. The average Bonchev–Trinajstić information content (AvgIpc) is 2.21. The highest BCUT2D eigenvalue weighted by Gasteiger charge is 2.14. The molecule has 0 saturated carbocycles. The Morgan fingerprint density at radius 1 is 1.38 bits per heavy atom. The second-order valence-electron chi connectivity index (χ2n) is 3.98. The summed E-state index contributed by atoms with van der Waals surface area (Å²) < 4.78 is 5.86. The van der Waals surface area contributed by atoms with E-state index >= 15 is 0 Å². The van der Waals surface area contributed by atoms with Gasteiger partial charge in [0.1, 0.15) is 0 Å². The topological polar surface area (TPSA) is 21.3 Å². The number of nitrogens with one attached hydrogen (secondary N) is 1. The summed E-state index contributed by atoms with van der Waals surface area (Å²) in [5, 5.41) is 3.37. The maximum Gasteiger partial charge on any atom is 0.0700 e. The molecule has 0 aromatic carbocycles. The molecular formula is C11H23NO. The van der Waals surface area contributed by atoms with E-state index < -0.39 is 0 Å². The Kier molecular flexibility index (Phi) is 5.40. The van der Waals surface area contributed by atoms with Crippen LogP contribution in [0.15, 0.2) is 0 Å². The molecule has 1 N–H and O–H groups in total. The van der Waals surface area contributed by atoms with Gasteiger partial charge in [0.2, 0.25) is 0 Å². The molecule has 1 rings (SSSR count). The van der Waals surface area contributed by atoms with Crippen molar-refractivity contribution in [2.45, 2.75) is 45.6 Å². The molecular weight excluding hydrogens is 162 g/mol. The Labute approximate surface area is 82.0 Å². The zero-order valence-corrected chi connectivity index (χ0v) is 9.01. The fourth-order valence-corrected chi connectivity index (χ4v) is 1.76. The Bertz CT molecular complexity index is 117. The minimum atomic E-state index is 0.481. The predicted molar refractivity (Wildman–Crippen MR) is 55.9 cm³/mol. The van der Waals surface area contributed by atoms with E-state index in [1.165, 1.54) is 32.2 Å². The second kappa shape index (κ2) is 6.39. The molecule has 0 radical (unpaired) electrons. The van der Waals surface area contributed by atoms with Gasteiger partial charge in [-0.1, -0.05) is 26.7 Å². The molecule has 2 heteroatoms.